The number of imide groups is 2. The minimum atomic E-state index is -0.150. The van der Waals surface area contributed by atoms with Crippen LogP contribution in [0, 0.1) is 11.8 Å². The minimum absolute atomic E-state index is 0.146. The van der Waals surface area contributed by atoms with E-state index in [0.717, 1.165) is 140 Å². The highest BCUT2D eigenvalue weighted by Gasteiger charge is 2.45. The number of aryl methyl sites for hydroxylation is 2. The van der Waals surface area contributed by atoms with Crippen molar-refractivity contribution in [3.8, 4) is 50.1 Å². The van der Waals surface area contributed by atoms with Crippen molar-refractivity contribution in [2.24, 2.45) is 11.8 Å². The van der Waals surface area contributed by atoms with Crippen molar-refractivity contribution >= 4 is 100 Å². The Balaban J connectivity index is 1.11. The molecule has 4 amide bonds. The van der Waals surface area contributed by atoms with Crippen molar-refractivity contribution in [2.45, 2.75) is 234 Å². The number of nitrogens with zero attached hydrogens (tertiary/aromatic N) is 2. The van der Waals surface area contributed by atoms with Crippen LogP contribution in [0.15, 0.2) is 84.9 Å². The number of fused-ring (bicyclic) bond motifs is 4. The number of hydrogen-bond acceptors (Lipinski definition) is 9. The number of carbonyl (C=O) groups is 4. The van der Waals surface area contributed by atoms with E-state index < -0.39 is 0 Å². The van der Waals surface area contributed by atoms with Gasteiger partial charge < -0.3 is 0 Å². The minimum Gasteiger partial charge on any atom is -0.274 e. The molecule has 8 aromatic rings. The van der Waals surface area contributed by atoms with Crippen molar-refractivity contribution in [3.05, 3.63) is 118 Å². The number of thiophene rings is 5. The second kappa shape index (κ2) is 33.0. The number of rotatable bonds is 39. The molecule has 10 rings (SSSR count). The summed E-state index contributed by atoms with van der Waals surface area (Å²) >= 11 is 8.63. The monoisotopic (exact) mass is 1290 g/mol. The maximum Gasteiger partial charge on any atom is 0.263 e. The molecular weight excluding hydrogens is 1190 g/mol. The van der Waals surface area contributed by atoms with Gasteiger partial charge in [0.2, 0.25) is 0 Å². The van der Waals surface area contributed by atoms with Crippen molar-refractivity contribution in [1.82, 2.24) is 9.80 Å². The lowest BCUT2D eigenvalue weighted by Crippen LogP contribution is -2.34. The van der Waals surface area contributed by atoms with Crippen LogP contribution in [0.3, 0.4) is 0 Å². The molecule has 0 saturated heterocycles. The molecule has 2 aliphatic heterocycles. The van der Waals surface area contributed by atoms with Crippen molar-refractivity contribution in [2.75, 3.05) is 13.1 Å². The van der Waals surface area contributed by atoms with Gasteiger partial charge in [-0.2, -0.15) is 0 Å². The molecule has 2 unspecified atom stereocenters. The molecule has 2 atom stereocenters. The molecule has 0 N–H and O–H groups in total. The predicted octanol–water partition coefficient (Wildman–Crippen LogP) is 25.2. The Bertz CT molecular complexity index is 3550. The summed E-state index contributed by atoms with van der Waals surface area (Å²) in [6, 6.07) is 29.9. The lowest BCUT2D eigenvalue weighted by molar-refractivity contribution is 0.0609. The van der Waals surface area contributed by atoms with E-state index in [1.54, 1.807) is 43.8 Å². The Morgan fingerprint density at radius 2 is 0.685 bits per heavy atom. The third kappa shape index (κ3) is 15.4. The summed E-state index contributed by atoms with van der Waals surface area (Å²) in [4.78, 5) is 71.6. The van der Waals surface area contributed by atoms with Gasteiger partial charge in [-0.15, -0.1) is 56.7 Å². The molecule has 474 valence electrons. The summed E-state index contributed by atoms with van der Waals surface area (Å²) in [5.41, 5.74) is 7.15. The standard InChI is InChI=1S/C78H98N2O4S5/c1-7-13-17-19-21-23-25-27-29-37-45-57-59-49-63(73-66-65(69(88-73)56-43-35-32-36-44-56)75(81)79(76(66)82)51-53(11-5)39-15-9-3)86-70(59)58(46-38-30-28-26-24-22-20-18-14-8-2)60-50-64(87-71(57)60)74-68-67(77(83)80(78(68)84)52-54(12-6)40-16-10-4)72(89-74)62-48-47-61(85-62)55-41-33-31-34-42-55/h31-36,41-44,47-50,53-54H,7-30,37-40,45-46,51-52H2,1-6H3. The van der Waals surface area contributed by atoms with Crippen molar-refractivity contribution in [1.29, 1.82) is 0 Å². The van der Waals surface area contributed by atoms with E-state index in [-0.39, 0.29) is 35.5 Å². The first-order chi connectivity index (χ1) is 43.6. The van der Waals surface area contributed by atoms with Crippen LogP contribution in [0.2, 0.25) is 0 Å². The third-order valence-corrected chi connectivity index (χ3v) is 25.7. The van der Waals surface area contributed by atoms with Gasteiger partial charge in [-0.3, -0.25) is 29.0 Å². The van der Waals surface area contributed by atoms with E-state index in [0.29, 0.717) is 35.3 Å². The van der Waals surface area contributed by atoms with Crippen LogP contribution < -0.4 is 0 Å². The third-order valence-electron chi connectivity index (χ3n) is 19.2. The van der Waals surface area contributed by atoms with Gasteiger partial charge >= 0.3 is 0 Å². The summed E-state index contributed by atoms with van der Waals surface area (Å²) in [6.45, 7) is 14.3. The highest BCUT2D eigenvalue weighted by Crippen LogP contribution is 2.55. The van der Waals surface area contributed by atoms with Crippen LogP contribution >= 0.6 is 56.7 Å². The summed E-state index contributed by atoms with van der Waals surface area (Å²) in [6.07, 6.45) is 35.2. The Labute approximate surface area is 552 Å². The van der Waals surface area contributed by atoms with E-state index >= 15 is 14.4 Å². The second-order valence-corrected chi connectivity index (χ2v) is 30.9. The van der Waals surface area contributed by atoms with Gasteiger partial charge in [0.25, 0.3) is 23.6 Å². The molecule has 2 aliphatic rings. The van der Waals surface area contributed by atoms with Gasteiger partial charge in [0.15, 0.2) is 0 Å². The fraction of sp³-hybridized carbons (Fsp3) is 0.513. The smallest absolute Gasteiger partial charge is 0.263 e. The lowest BCUT2D eigenvalue weighted by atomic mass is 9.94. The highest BCUT2D eigenvalue weighted by molar-refractivity contribution is 7.30. The predicted molar refractivity (Wildman–Crippen MR) is 386 cm³/mol. The van der Waals surface area contributed by atoms with Crippen LogP contribution in [0.4, 0.5) is 0 Å². The maximum atomic E-state index is 15.3. The van der Waals surface area contributed by atoms with E-state index in [9.17, 15) is 4.79 Å². The average Bonchev–Trinajstić information content (AvgIpc) is 1.69. The summed E-state index contributed by atoms with van der Waals surface area (Å²) in [7, 11) is 0. The highest BCUT2D eigenvalue weighted by atomic mass is 32.1. The molecular formula is C78H98N2O4S5. The number of carbonyl (C=O) groups excluding carboxylic acids is 4. The average molecular weight is 1290 g/mol. The summed E-state index contributed by atoms with van der Waals surface area (Å²) in [5, 5.41) is 2.54. The van der Waals surface area contributed by atoms with Crippen molar-refractivity contribution < 1.29 is 19.2 Å². The van der Waals surface area contributed by atoms with E-state index in [1.807, 2.05) is 46.9 Å². The summed E-state index contributed by atoms with van der Waals surface area (Å²) < 4.78 is 2.58. The molecule has 7 heterocycles. The number of benzene rings is 3. The molecule has 89 heavy (non-hydrogen) atoms. The fourth-order valence-corrected chi connectivity index (χ4v) is 20.3. The lowest BCUT2D eigenvalue weighted by Gasteiger charge is -2.21. The number of hydrogen-bond donors (Lipinski definition) is 0. The Morgan fingerprint density at radius 1 is 0.337 bits per heavy atom. The molecule has 0 fully saturated rings. The normalized spacial score (nSPS) is 14.0. The molecule has 0 aliphatic carbocycles. The van der Waals surface area contributed by atoms with Crippen LogP contribution in [0.25, 0.3) is 70.3 Å². The molecule has 6 nitrogen and oxygen atoms in total. The molecule has 0 radical (unpaired) electrons. The zero-order valence-electron chi connectivity index (χ0n) is 54.4. The molecule has 5 aromatic heterocycles. The zero-order valence-corrected chi connectivity index (χ0v) is 58.5. The van der Waals surface area contributed by atoms with Gasteiger partial charge in [0, 0.05) is 46.9 Å². The van der Waals surface area contributed by atoms with Crippen LogP contribution in [0.5, 0.6) is 0 Å². The van der Waals surface area contributed by atoms with Gasteiger partial charge in [0.1, 0.15) is 0 Å². The first kappa shape index (κ1) is 66.9. The Hall–Kier alpha value is -5.04. The molecule has 0 bridgehead atoms. The van der Waals surface area contributed by atoms with Crippen LogP contribution in [0.1, 0.15) is 274 Å². The Kier molecular flexibility index (Phi) is 24.8. The van der Waals surface area contributed by atoms with Gasteiger partial charge in [0.05, 0.1) is 36.9 Å². The molecule has 3 aromatic carbocycles. The Morgan fingerprint density at radius 3 is 1.09 bits per heavy atom. The van der Waals surface area contributed by atoms with Crippen molar-refractivity contribution in [3.63, 3.8) is 0 Å². The molecule has 0 saturated carbocycles. The summed E-state index contributed by atoms with van der Waals surface area (Å²) in [5.74, 6) is -0.0821. The maximum absolute atomic E-state index is 15.3. The van der Waals surface area contributed by atoms with Crippen LogP contribution in [-0.2, 0) is 12.8 Å². The van der Waals surface area contributed by atoms with Gasteiger partial charge in [-0.05, 0) is 108 Å². The second-order valence-electron chi connectivity index (χ2n) is 25.7. The molecule has 11 heteroatoms. The largest absolute Gasteiger partial charge is 0.274 e. The topological polar surface area (TPSA) is 74.8 Å². The van der Waals surface area contributed by atoms with E-state index in [1.165, 1.54) is 134 Å². The van der Waals surface area contributed by atoms with E-state index in [2.05, 4.69) is 102 Å². The molecule has 0 spiro atoms. The zero-order chi connectivity index (χ0) is 62.2. The number of unbranched alkanes of at least 4 members (excludes halogenated alkanes) is 20. The quantitative estimate of drug-likeness (QED) is 0.0284. The van der Waals surface area contributed by atoms with E-state index in [4.69, 9.17) is 0 Å². The van der Waals surface area contributed by atoms with Gasteiger partial charge in [-0.25, -0.2) is 0 Å². The first-order valence-corrected chi connectivity index (χ1v) is 39.0. The van der Waals surface area contributed by atoms with Gasteiger partial charge in [-0.1, -0.05) is 256 Å². The first-order valence-electron chi connectivity index (χ1n) is 34.9. The SMILES string of the molecule is CCCCCCCCCCCCc1c2cc(-c3sc(-c4ccc(-c5ccccc5)s4)c4c3C(=O)N(CC(CC)CCCC)C4=O)sc2c(CCCCCCCCCCCC)c2cc(-c3sc(-c4ccccc4)c4c3C(=O)N(CC(CC)CCCC)C4=O)sc12. The number of amides is 4. The van der Waals surface area contributed by atoms with Crippen LogP contribution in [-0.4, -0.2) is 46.5 Å². The fourth-order valence-electron chi connectivity index (χ4n) is 13.8.